The van der Waals surface area contributed by atoms with E-state index < -0.39 is 5.82 Å². The van der Waals surface area contributed by atoms with Gasteiger partial charge >= 0.3 is 0 Å². The monoisotopic (exact) mass is 437 g/mol. The van der Waals surface area contributed by atoms with E-state index >= 15 is 0 Å². The number of carbonyl (C=O) groups excluding carboxylic acids is 1. The first-order valence-corrected chi connectivity index (χ1v) is 10.5. The molecule has 32 heavy (non-hydrogen) atoms. The molecule has 0 radical (unpaired) electrons. The molecule has 2 N–H and O–H groups in total. The molecule has 168 valence electrons. The number of aryl methyl sites for hydroxylation is 2. The summed E-state index contributed by atoms with van der Waals surface area (Å²) in [5.74, 6) is 0.142. The number of ether oxygens (including phenoxy) is 1. The van der Waals surface area contributed by atoms with Crippen molar-refractivity contribution in [3.05, 3.63) is 76.9 Å². The highest BCUT2D eigenvalue weighted by molar-refractivity contribution is 6.10. The van der Waals surface area contributed by atoms with Crippen LogP contribution >= 0.6 is 0 Å². The van der Waals surface area contributed by atoms with Crippen LogP contribution in [-0.2, 0) is 13.5 Å². The summed E-state index contributed by atoms with van der Waals surface area (Å²) in [5, 5.41) is 10.4. The van der Waals surface area contributed by atoms with Gasteiger partial charge in [-0.25, -0.2) is 4.39 Å². The lowest BCUT2D eigenvalue weighted by Crippen LogP contribution is -2.36. The molecule has 7 nitrogen and oxygen atoms in total. The van der Waals surface area contributed by atoms with Crippen molar-refractivity contribution in [1.82, 2.24) is 15.1 Å². The predicted molar refractivity (Wildman–Crippen MR) is 124 cm³/mol. The number of aliphatic imine (C=N–C) groups is 1. The van der Waals surface area contributed by atoms with Crippen LogP contribution in [0.5, 0.6) is 5.75 Å². The highest BCUT2D eigenvalue weighted by Crippen LogP contribution is 2.23. The van der Waals surface area contributed by atoms with Gasteiger partial charge in [0.15, 0.2) is 0 Å². The van der Waals surface area contributed by atoms with Gasteiger partial charge in [-0.15, -0.1) is 0 Å². The molecule has 3 aromatic rings. The third kappa shape index (κ3) is 5.72. The second kappa shape index (κ2) is 10.6. The molecule has 1 amide bonds. The highest BCUT2D eigenvalue weighted by atomic mass is 19.1. The maximum absolute atomic E-state index is 13.2. The first kappa shape index (κ1) is 23.0. The molecule has 3 rings (SSSR count). The van der Waals surface area contributed by atoms with E-state index in [2.05, 4.69) is 20.7 Å². The zero-order chi connectivity index (χ0) is 23.1. The van der Waals surface area contributed by atoms with Crippen LogP contribution in [0.25, 0.3) is 0 Å². The average Bonchev–Trinajstić information content (AvgIpc) is 3.01. The largest absolute Gasteiger partial charge is 0.492 e. The zero-order valence-corrected chi connectivity index (χ0v) is 18.8. The van der Waals surface area contributed by atoms with Crippen LogP contribution in [0.4, 0.5) is 10.1 Å². The normalized spacial score (nSPS) is 11.3. The first-order chi connectivity index (χ1) is 15.4. The number of guanidine groups is 1. The Hall–Kier alpha value is -3.68. The van der Waals surface area contributed by atoms with Gasteiger partial charge in [-0.1, -0.05) is 12.1 Å². The summed E-state index contributed by atoms with van der Waals surface area (Å²) in [6.07, 6.45) is 0.677. The second-order valence-corrected chi connectivity index (χ2v) is 7.27. The summed E-state index contributed by atoms with van der Waals surface area (Å²) in [6.45, 7) is 6.84. The van der Waals surface area contributed by atoms with E-state index in [0.717, 1.165) is 17.0 Å². The zero-order valence-electron chi connectivity index (χ0n) is 18.8. The van der Waals surface area contributed by atoms with E-state index in [1.165, 1.54) is 24.3 Å². The molecule has 0 aliphatic carbocycles. The lowest BCUT2D eigenvalue weighted by molar-refractivity contribution is 0.0977. The molecule has 0 bridgehead atoms. The van der Waals surface area contributed by atoms with Gasteiger partial charge in [0.05, 0.1) is 18.0 Å². The van der Waals surface area contributed by atoms with Gasteiger partial charge in [0.1, 0.15) is 11.6 Å². The average molecular weight is 438 g/mol. The minimum absolute atomic E-state index is 0.283. The van der Waals surface area contributed by atoms with E-state index in [9.17, 15) is 9.18 Å². The Morgan fingerprint density at radius 3 is 2.53 bits per heavy atom. The third-order valence-corrected chi connectivity index (χ3v) is 5.07. The lowest BCUT2D eigenvalue weighted by Gasteiger charge is -2.15. The van der Waals surface area contributed by atoms with Crippen molar-refractivity contribution in [3.8, 4) is 5.75 Å². The van der Waals surface area contributed by atoms with Crippen molar-refractivity contribution in [2.24, 2.45) is 12.0 Å². The number of benzene rings is 2. The summed E-state index contributed by atoms with van der Waals surface area (Å²) >= 11 is 0. The van der Waals surface area contributed by atoms with Crippen LogP contribution in [0.15, 0.2) is 53.5 Å². The van der Waals surface area contributed by atoms with Crippen molar-refractivity contribution < 1.29 is 13.9 Å². The predicted octanol–water partition coefficient (Wildman–Crippen LogP) is 4.02. The molecule has 1 heterocycles. The van der Waals surface area contributed by atoms with Crippen molar-refractivity contribution in [1.29, 1.82) is 0 Å². The Labute approximate surface area is 187 Å². The van der Waals surface area contributed by atoms with Gasteiger partial charge in [0.2, 0.25) is 5.96 Å². The summed E-state index contributed by atoms with van der Waals surface area (Å²) in [6, 6.07) is 12.8. The molecule has 0 fully saturated rings. The van der Waals surface area contributed by atoms with Crippen LogP contribution < -0.4 is 15.4 Å². The fourth-order valence-corrected chi connectivity index (χ4v) is 3.33. The van der Waals surface area contributed by atoms with Gasteiger partial charge in [-0.05, 0) is 69.2 Å². The van der Waals surface area contributed by atoms with Crippen molar-refractivity contribution >= 4 is 17.6 Å². The number of hydrogen-bond donors (Lipinski definition) is 2. The summed E-state index contributed by atoms with van der Waals surface area (Å²) in [5.41, 5.74) is 4.20. The number of carbonyl (C=O) groups is 1. The Bertz CT molecular complexity index is 1110. The standard InChI is InChI=1S/C24H28FN5O2/c1-5-32-22-9-7-6-8-21(22)27-24(28-23(31)18-10-12-19(25)13-11-18)26-15-14-20-16(2)29-30(4)17(20)3/h6-13H,5,14-15H2,1-4H3,(H2,26,27,28,31). The van der Waals surface area contributed by atoms with Gasteiger partial charge in [-0.3, -0.25) is 19.8 Å². The summed E-state index contributed by atoms with van der Waals surface area (Å²) in [7, 11) is 1.91. The maximum atomic E-state index is 13.2. The Morgan fingerprint density at radius 2 is 1.88 bits per heavy atom. The molecule has 0 unspecified atom stereocenters. The maximum Gasteiger partial charge on any atom is 0.257 e. The number of para-hydroxylation sites is 2. The van der Waals surface area contributed by atoms with Crippen LogP contribution in [0.3, 0.4) is 0 Å². The number of nitrogens with zero attached hydrogens (tertiary/aromatic N) is 3. The van der Waals surface area contributed by atoms with Crippen molar-refractivity contribution in [2.75, 3.05) is 18.5 Å². The molecule has 2 aromatic carbocycles. The minimum Gasteiger partial charge on any atom is -0.492 e. The molecule has 0 saturated carbocycles. The SMILES string of the molecule is CCOc1ccccc1NC(=NCCc1c(C)nn(C)c1C)NC(=O)c1ccc(F)cc1. The molecule has 0 saturated heterocycles. The van der Waals surface area contributed by atoms with Gasteiger partial charge in [0, 0.05) is 24.8 Å². The molecule has 0 aliphatic heterocycles. The number of nitrogens with one attached hydrogen (secondary N) is 2. The van der Waals surface area contributed by atoms with E-state index in [0.29, 0.717) is 36.6 Å². The van der Waals surface area contributed by atoms with Gasteiger partial charge < -0.3 is 10.1 Å². The Morgan fingerprint density at radius 1 is 1.16 bits per heavy atom. The van der Waals surface area contributed by atoms with Crippen LogP contribution in [-0.4, -0.2) is 34.8 Å². The van der Waals surface area contributed by atoms with Crippen molar-refractivity contribution in [3.63, 3.8) is 0 Å². The molecular weight excluding hydrogens is 409 g/mol. The van der Waals surface area contributed by atoms with Crippen LogP contribution in [0.1, 0.15) is 34.2 Å². The fraction of sp³-hybridized carbons (Fsp3) is 0.292. The van der Waals surface area contributed by atoms with E-state index in [1.54, 1.807) is 0 Å². The number of hydrogen-bond acceptors (Lipinski definition) is 4. The molecule has 0 spiro atoms. The quantitative estimate of drug-likeness (QED) is 0.432. The molecule has 8 heteroatoms. The number of anilines is 1. The summed E-state index contributed by atoms with van der Waals surface area (Å²) in [4.78, 5) is 17.3. The molecule has 0 atom stereocenters. The summed E-state index contributed by atoms with van der Waals surface area (Å²) < 4.78 is 20.7. The Kier molecular flexibility index (Phi) is 7.59. The topological polar surface area (TPSA) is 80.5 Å². The Balaban J connectivity index is 1.82. The van der Waals surface area contributed by atoms with Gasteiger partial charge in [-0.2, -0.15) is 5.10 Å². The third-order valence-electron chi connectivity index (χ3n) is 5.07. The lowest BCUT2D eigenvalue weighted by atomic mass is 10.1. The van der Waals surface area contributed by atoms with Crippen molar-refractivity contribution in [2.45, 2.75) is 27.2 Å². The molecular formula is C24H28FN5O2. The number of aromatic nitrogens is 2. The second-order valence-electron chi connectivity index (χ2n) is 7.27. The highest BCUT2D eigenvalue weighted by Gasteiger charge is 2.13. The number of halogens is 1. The number of rotatable bonds is 7. The van der Waals surface area contributed by atoms with Gasteiger partial charge in [0.25, 0.3) is 5.91 Å². The first-order valence-electron chi connectivity index (χ1n) is 10.5. The van der Waals surface area contributed by atoms with Crippen LogP contribution in [0.2, 0.25) is 0 Å². The molecule has 1 aromatic heterocycles. The molecule has 0 aliphatic rings. The fourth-order valence-electron chi connectivity index (χ4n) is 3.33. The van der Waals surface area contributed by atoms with E-state index in [4.69, 9.17) is 4.74 Å². The number of amides is 1. The smallest absolute Gasteiger partial charge is 0.257 e. The van der Waals surface area contributed by atoms with E-state index in [-0.39, 0.29) is 11.9 Å². The minimum atomic E-state index is -0.401. The van der Waals surface area contributed by atoms with E-state index in [1.807, 2.05) is 56.8 Å². The van der Waals surface area contributed by atoms with Crippen LogP contribution in [0, 0.1) is 19.7 Å².